The van der Waals surface area contributed by atoms with E-state index in [1.54, 1.807) is 19.1 Å². The van der Waals surface area contributed by atoms with Gasteiger partial charge in [0.15, 0.2) is 6.79 Å². The van der Waals surface area contributed by atoms with Crippen molar-refractivity contribution in [1.82, 2.24) is 0 Å². The fourth-order valence-corrected chi connectivity index (χ4v) is 1.41. The Hall–Kier alpha value is -1.27. The normalized spacial score (nSPS) is 13.4. The highest BCUT2D eigenvalue weighted by atomic mass is 19.4. The number of hydrogen-bond donors (Lipinski definition) is 1. The highest BCUT2D eigenvalue weighted by Crippen LogP contribution is 2.25. The lowest BCUT2D eigenvalue weighted by atomic mass is 10.1. The van der Waals surface area contributed by atoms with E-state index in [0.717, 1.165) is 11.1 Å². The molecular weight excluding hydrogens is 247 g/mol. The van der Waals surface area contributed by atoms with E-state index < -0.39 is 19.6 Å². The molecule has 1 unspecified atom stereocenters. The van der Waals surface area contributed by atoms with Crippen molar-refractivity contribution >= 4 is 0 Å². The van der Waals surface area contributed by atoms with E-state index in [-0.39, 0.29) is 6.04 Å². The van der Waals surface area contributed by atoms with Gasteiger partial charge < -0.3 is 15.2 Å². The number of aryl methyl sites for hydroxylation is 1. The van der Waals surface area contributed by atoms with Crippen LogP contribution in [0.5, 0.6) is 5.75 Å². The van der Waals surface area contributed by atoms with E-state index in [4.69, 9.17) is 10.5 Å². The van der Waals surface area contributed by atoms with Crippen molar-refractivity contribution in [3.8, 4) is 5.75 Å². The van der Waals surface area contributed by atoms with Gasteiger partial charge in [0.1, 0.15) is 12.4 Å². The van der Waals surface area contributed by atoms with Gasteiger partial charge in [-0.1, -0.05) is 12.1 Å². The van der Waals surface area contributed by atoms with Gasteiger partial charge >= 0.3 is 6.18 Å². The molecular formula is C12H16F3NO2. The van der Waals surface area contributed by atoms with Crippen LogP contribution in [0.2, 0.25) is 0 Å². The molecule has 0 heterocycles. The maximum atomic E-state index is 11.9. The van der Waals surface area contributed by atoms with Crippen molar-refractivity contribution in [2.75, 3.05) is 13.4 Å². The van der Waals surface area contributed by atoms with Crippen molar-refractivity contribution in [2.45, 2.75) is 26.1 Å². The molecule has 0 bridgehead atoms. The third-order valence-electron chi connectivity index (χ3n) is 2.22. The van der Waals surface area contributed by atoms with Crippen molar-refractivity contribution in [3.63, 3.8) is 0 Å². The van der Waals surface area contributed by atoms with E-state index in [1.807, 2.05) is 13.0 Å². The van der Waals surface area contributed by atoms with Gasteiger partial charge in [-0.25, -0.2) is 0 Å². The third-order valence-corrected chi connectivity index (χ3v) is 2.22. The van der Waals surface area contributed by atoms with Crippen molar-refractivity contribution in [1.29, 1.82) is 0 Å². The highest BCUT2D eigenvalue weighted by Gasteiger charge is 2.27. The van der Waals surface area contributed by atoms with Crippen LogP contribution >= 0.6 is 0 Å². The van der Waals surface area contributed by atoms with E-state index >= 15 is 0 Å². The number of hydrogen-bond acceptors (Lipinski definition) is 3. The third kappa shape index (κ3) is 4.93. The van der Waals surface area contributed by atoms with Gasteiger partial charge in [-0.3, -0.25) is 0 Å². The molecule has 0 fully saturated rings. The first-order valence-corrected chi connectivity index (χ1v) is 5.43. The number of benzene rings is 1. The van der Waals surface area contributed by atoms with Crippen LogP contribution in [0.25, 0.3) is 0 Å². The van der Waals surface area contributed by atoms with Crippen LogP contribution in [0, 0.1) is 6.92 Å². The van der Waals surface area contributed by atoms with Gasteiger partial charge in [-0.2, -0.15) is 13.2 Å². The summed E-state index contributed by atoms with van der Waals surface area (Å²) in [7, 11) is 0. The summed E-state index contributed by atoms with van der Waals surface area (Å²) in [6.07, 6.45) is -4.35. The highest BCUT2D eigenvalue weighted by molar-refractivity contribution is 5.38. The zero-order chi connectivity index (χ0) is 13.8. The molecule has 102 valence electrons. The molecule has 1 aromatic carbocycles. The van der Waals surface area contributed by atoms with Gasteiger partial charge in [-0.05, 0) is 25.5 Å². The number of ether oxygens (including phenoxy) is 2. The minimum atomic E-state index is -4.35. The molecule has 0 aliphatic carbocycles. The summed E-state index contributed by atoms with van der Waals surface area (Å²) in [5.74, 6) is 0.451. The molecule has 1 rings (SSSR count). The molecule has 0 radical (unpaired) electrons. The summed E-state index contributed by atoms with van der Waals surface area (Å²) in [6.45, 7) is 1.84. The van der Waals surface area contributed by atoms with E-state index in [2.05, 4.69) is 4.74 Å². The number of alkyl halides is 3. The molecule has 1 atom stereocenters. The smallest absolute Gasteiger partial charge is 0.411 e. The Bertz CT molecular complexity index is 391. The van der Waals surface area contributed by atoms with Gasteiger partial charge in [0.05, 0.1) is 0 Å². The lowest BCUT2D eigenvalue weighted by Gasteiger charge is -2.15. The van der Waals surface area contributed by atoms with Gasteiger partial charge in [0.2, 0.25) is 0 Å². The van der Waals surface area contributed by atoms with Crippen molar-refractivity contribution in [2.24, 2.45) is 5.73 Å². The van der Waals surface area contributed by atoms with Gasteiger partial charge in [0.25, 0.3) is 0 Å². The molecule has 0 spiro atoms. The van der Waals surface area contributed by atoms with Gasteiger partial charge in [-0.15, -0.1) is 0 Å². The second kappa shape index (κ2) is 6.06. The predicted molar refractivity (Wildman–Crippen MR) is 61.3 cm³/mol. The Kier molecular flexibility index (Phi) is 4.98. The molecule has 2 N–H and O–H groups in total. The summed E-state index contributed by atoms with van der Waals surface area (Å²) < 4.78 is 45.1. The Morgan fingerprint density at radius 3 is 2.56 bits per heavy atom. The number of halogens is 3. The maximum absolute atomic E-state index is 11.9. The minimum absolute atomic E-state index is 0.261. The Balaban J connectivity index is 2.58. The predicted octanol–water partition coefficient (Wildman–Crippen LogP) is 2.93. The number of nitrogens with two attached hydrogens (primary N) is 1. The minimum Gasteiger partial charge on any atom is -0.467 e. The van der Waals surface area contributed by atoms with Crippen LogP contribution < -0.4 is 10.5 Å². The monoisotopic (exact) mass is 263 g/mol. The first-order chi connectivity index (χ1) is 8.29. The summed E-state index contributed by atoms with van der Waals surface area (Å²) in [4.78, 5) is 0. The average Bonchev–Trinajstić information content (AvgIpc) is 2.22. The molecule has 0 aliphatic heterocycles. The lowest BCUT2D eigenvalue weighted by molar-refractivity contribution is -0.186. The Morgan fingerprint density at radius 2 is 2.00 bits per heavy atom. The molecule has 6 heteroatoms. The van der Waals surface area contributed by atoms with E-state index in [9.17, 15) is 13.2 Å². The summed E-state index contributed by atoms with van der Waals surface area (Å²) in [6, 6.07) is 5.11. The average molecular weight is 263 g/mol. The zero-order valence-electron chi connectivity index (χ0n) is 10.3. The first-order valence-electron chi connectivity index (χ1n) is 5.43. The molecule has 0 amide bonds. The van der Waals surface area contributed by atoms with Crippen LogP contribution in [0.15, 0.2) is 18.2 Å². The van der Waals surface area contributed by atoms with Crippen LogP contribution in [0.4, 0.5) is 13.2 Å². The SMILES string of the molecule is Cc1ccc(C(C)N)c(OCOCC(F)(F)F)c1. The van der Waals surface area contributed by atoms with Crippen molar-refractivity contribution in [3.05, 3.63) is 29.3 Å². The standard InChI is InChI=1S/C12H16F3NO2/c1-8-3-4-10(9(2)16)11(5-8)18-7-17-6-12(13,14)15/h3-5,9H,6-7,16H2,1-2H3. The van der Waals surface area contributed by atoms with Crippen LogP contribution in [0.1, 0.15) is 24.1 Å². The molecule has 0 aliphatic rings. The van der Waals surface area contributed by atoms with Crippen LogP contribution in [-0.4, -0.2) is 19.6 Å². The Labute approximate surface area is 104 Å². The first kappa shape index (κ1) is 14.8. The van der Waals surface area contributed by atoms with E-state index in [0.29, 0.717) is 5.75 Å². The molecule has 1 aromatic rings. The number of rotatable bonds is 5. The summed E-state index contributed by atoms with van der Waals surface area (Å²) >= 11 is 0. The summed E-state index contributed by atoms with van der Waals surface area (Å²) in [5.41, 5.74) is 7.41. The molecule has 0 saturated heterocycles. The quantitative estimate of drug-likeness (QED) is 0.656. The zero-order valence-corrected chi connectivity index (χ0v) is 10.3. The largest absolute Gasteiger partial charge is 0.467 e. The summed E-state index contributed by atoms with van der Waals surface area (Å²) in [5, 5.41) is 0. The fraction of sp³-hybridized carbons (Fsp3) is 0.500. The van der Waals surface area contributed by atoms with Crippen molar-refractivity contribution < 1.29 is 22.6 Å². The molecule has 0 saturated carbocycles. The molecule has 18 heavy (non-hydrogen) atoms. The molecule has 0 aromatic heterocycles. The second-order valence-electron chi connectivity index (χ2n) is 4.06. The van der Waals surface area contributed by atoms with E-state index in [1.165, 1.54) is 0 Å². The lowest BCUT2D eigenvalue weighted by Crippen LogP contribution is -2.19. The van der Waals surface area contributed by atoms with Crippen LogP contribution in [-0.2, 0) is 4.74 Å². The van der Waals surface area contributed by atoms with Crippen LogP contribution in [0.3, 0.4) is 0 Å². The molecule has 3 nitrogen and oxygen atoms in total. The van der Waals surface area contributed by atoms with Gasteiger partial charge in [0, 0.05) is 11.6 Å². The second-order valence-corrected chi connectivity index (χ2v) is 4.06. The Morgan fingerprint density at radius 1 is 1.33 bits per heavy atom. The fourth-order valence-electron chi connectivity index (χ4n) is 1.41. The maximum Gasteiger partial charge on any atom is 0.411 e. The topological polar surface area (TPSA) is 44.5 Å².